The summed E-state index contributed by atoms with van der Waals surface area (Å²) in [4.78, 5) is 33.0. The minimum atomic E-state index is -1.04. The molecule has 8 N–H and O–H groups in total. The molecule has 0 spiro atoms. The van der Waals surface area contributed by atoms with Gasteiger partial charge in [0.1, 0.15) is 5.82 Å². The van der Waals surface area contributed by atoms with E-state index in [4.69, 9.17) is 11.5 Å². The van der Waals surface area contributed by atoms with Crippen molar-refractivity contribution >= 4 is 17.7 Å². The number of rotatable bonds is 18. The van der Waals surface area contributed by atoms with Crippen LogP contribution in [0.3, 0.4) is 0 Å². The maximum absolute atomic E-state index is 11.6. The third-order valence-electron chi connectivity index (χ3n) is 6.33. The van der Waals surface area contributed by atoms with E-state index in [2.05, 4.69) is 27.2 Å². The van der Waals surface area contributed by atoms with Crippen LogP contribution in [0.1, 0.15) is 70.3 Å². The summed E-state index contributed by atoms with van der Waals surface area (Å²) >= 11 is 0. The number of pyridine rings is 1. The number of H-pyrrole nitrogens is 2. The van der Waals surface area contributed by atoms with E-state index in [1.54, 1.807) is 12.3 Å². The number of unbranched alkanes of at least 4 members (excludes halogenated alkanes) is 5. The highest BCUT2D eigenvalue weighted by Gasteiger charge is 2.19. The first-order valence-electron chi connectivity index (χ1n) is 12.9. The van der Waals surface area contributed by atoms with Gasteiger partial charge < -0.3 is 31.9 Å². The fourth-order valence-electron chi connectivity index (χ4n) is 4.42. The number of nitrogens with one attached hydrogen (secondary N) is 3. The number of anilines is 1. The lowest BCUT2D eigenvalue weighted by Crippen LogP contribution is -2.28. The molecular weight excluding hydrogens is 456 g/mol. The molecule has 0 fully saturated rings. The Morgan fingerprint density at radius 1 is 1.08 bits per heavy atom. The van der Waals surface area contributed by atoms with E-state index >= 15 is 0 Å². The number of nitrogens with zero attached hydrogens (tertiary/aromatic N) is 1. The molecule has 0 unspecified atom stereocenters. The molecule has 0 saturated heterocycles. The first-order valence-corrected chi connectivity index (χ1v) is 12.9. The molecule has 0 bridgehead atoms. The minimum absolute atomic E-state index is 0.0797. The minimum Gasteiger partial charge on any atom is -0.478 e. The molecule has 2 aromatic rings. The van der Waals surface area contributed by atoms with E-state index in [0.29, 0.717) is 17.9 Å². The van der Waals surface area contributed by atoms with Crippen molar-refractivity contribution in [1.29, 1.82) is 0 Å². The monoisotopic (exact) mass is 498 g/mol. The molecule has 2 heterocycles. The molecule has 2 atom stereocenters. The first-order chi connectivity index (χ1) is 17.4. The van der Waals surface area contributed by atoms with Gasteiger partial charge in [-0.2, -0.15) is 0 Å². The van der Waals surface area contributed by atoms with Gasteiger partial charge in [0.25, 0.3) is 0 Å². The van der Waals surface area contributed by atoms with Crippen molar-refractivity contribution in [3.8, 4) is 0 Å². The average molecular weight is 499 g/mol. The number of nitrogens with two attached hydrogens (primary N) is 2. The molecule has 9 nitrogen and oxygen atoms in total. The van der Waals surface area contributed by atoms with Gasteiger partial charge in [-0.05, 0) is 48.4 Å². The Kier molecular flexibility index (Phi) is 13.0. The third kappa shape index (κ3) is 11.8. The number of carboxylic acid groups (broad SMARTS) is 1. The molecule has 0 aliphatic heterocycles. The Bertz CT molecular complexity index is 988. The summed E-state index contributed by atoms with van der Waals surface area (Å²) in [7, 11) is 0. The lowest BCUT2D eigenvalue weighted by Gasteiger charge is -2.24. The van der Waals surface area contributed by atoms with E-state index in [9.17, 15) is 14.7 Å². The molecule has 0 aliphatic rings. The Morgan fingerprint density at radius 2 is 1.86 bits per heavy atom. The molecule has 0 aromatic carbocycles. The lowest BCUT2D eigenvalue weighted by molar-refractivity contribution is -0.131. The Labute approximate surface area is 213 Å². The molecule has 9 heteroatoms. The SMILES string of the molecule is CCCCCCCC[C@H](CC[C@@H](Nc1ccc[nH]1)/C(=C/C(=O)O)CN=C(N)N)Cc1ccc(=O)[nH]c1. The summed E-state index contributed by atoms with van der Waals surface area (Å²) in [5, 5.41) is 12.9. The molecule has 36 heavy (non-hydrogen) atoms. The van der Waals surface area contributed by atoms with Gasteiger partial charge in [0, 0.05) is 24.5 Å². The zero-order chi connectivity index (χ0) is 26.2. The van der Waals surface area contributed by atoms with Crippen molar-refractivity contribution < 1.29 is 9.90 Å². The molecule has 0 saturated carbocycles. The van der Waals surface area contributed by atoms with Gasteiger partial charge in [-0.1, -0.05) is 57.9 Å². The summed E-state index contributed by atoms with van der Waals surface area (Å²) < 4.78 is 0. The molecule has 0 aliphatic carbocycles. The molecule has 0 radical (unpaired) electrons. The van der Waals surface area contributed by atoms with Gasteiger partial charge >= 0.3 is 5.97 Å². The number of aliphatic imine (C=N–C) groups is 1. The van der Waals surface area contributed by atoms with Gasteiger partial charge in [-0.15, -0.1) is 0 Å². The summed E-state index contributed by atoms with van der Waals surface area (Å²) in [6.45, 7) is 2.33. The predicted molar refractivity (Wildman–Crippen MR) is 146 cm³/mol. The van der Waals surface area contributed by atoms with Crippen molar-refractivity contribution in [2.75, 3.05) is 11.9 Å². The smallest absolute Gasteiger partial charge is 0.328 e. The Balaban J connectivity index is 2.15. The second-order valence-corrected chi connectivity index (χ2v) is 9.34. The van der Waals surface area contributed by atoms with Crippen LogP contribution in [0, 0.1) is 5.92 Å². The lowest BCUT2D eigenvalue weighted by atomic mass is 9.87. The van der Waals surface area contributed by atoms with E-state index in [1.807, 2.05) is 24.4 Å². The number of guanidine groups is 1. The average Bonchev–Trinajstić information content (AvgIpc) is 3.35. The van der Waals surface area contributed by atoms with Crippen LogP contribution >= 0.6 is 0 Å². The van der Waals surface area contributed by atoms with Crippen LogP contribution in [0.2, 0.25) is 0 Å². The van der Waals surface area contributed by atoms with E-state index in [0.717, 1.165) is 37.1 Å². The van der Waals surface area contributed by atoms with Crippen LogP contribution in [0.4, 0.5) is 5.82 Å². The van der Waals surface area contributed by atoms with Crippen LogP contribution in [0.5, 0.6) is 0 Å². The van der Waals surface area contributed by atoms with Crippen LogP contribution in [-0.4, -0.2) is 39.6 Å². The maximum atomic E-state index is 11.6. The standard InChI is InChI=1S/C27H42N6O3/c1-2-3-4-5-6-7-9-20(16-21-12-14-25(34)31-18-21)11-13-23(33-24-10-8-15-30-24)22(17-26(35)36)19-32-27(28)29/h8,10,12,14-15,17-18,20,23,30,33H,2-7,9,11,13,16,19H2,1H3,(H,31,34)(H,35,36)(H4,28,29,32)/b22-17+/t20-,23-/m1/s1. The highest BCUT2D eigenvalue weighted by molar-refractivity contribution is 5.81. The molecule has 0 amide bonds. The normalized spacial score (nSPS) is 13.2. The first kappa shape index (κ1) is 28.7. The molecular formula is C27H42N6O3. The van der Waals surface area contributed by atoms with Crippen LogP contribution in [0.15, 0.2) is 58.1 Å². The number of aromatic amines is 2. The number of hydrogen-bond acceptors (Lipinski definition) is 4. The maximum Gasteiger partial charge on any atom is 0.328 e. The van der Waals surface area contributed by atoms with Gasteiger partial charge in [0.05, 0.1) is 12.6 Å². The van der Waals surface area contributed by atoms with Crippen molar-refractivity contribution in [1.82, 2.24) is 9.97 Å². The largest absolute Gasteiger partial charge is 0.478 e. The fourth-order valence-corrected chi connectivity index (χ4v) is 4.42. The second-order valence-electron chi connectivity index (χ2n) is 9.34. The van der Waals surface area contributed by atoms with Crippen LogP contribution < -0.4 is 22.3 Å². The van der Waals surface area contributed by atoms with Crippen molar-refractivity contribution in [3.63, 3.8) is 0 Å². The van der Waals surface area contributed by atoms with E-state index in [1.165, 1.54) is 38.2 Å². The van der Waals surface area contributed by atoms with Crippen molar-refractivity contribution in [3.05, 3.63) is 64.2 Å². The summed E-state index contributed by atoms with van der Waals surface area (Å²) in [5.41, 5.74) is 12.6. The highest BCUT2D eigenvalue weighted by atomic mass is 16.4. The zero-order valence-corrected chi connectivity index (χ0v) is 21.3. The molecule has 2 rings (SSSR count). The number of aromatic nitrogens is 2. The fraction of sp³-hybridized carbons (Fsp3) is 0.519. The number of carboxylic acids is 1. The number of aliphatic carboxylic acids is 1. The summed E-state index contributed by atoms with van der Waals surface area (Å²) in [6, 6.07) is 6.98. The van der Waals surface area contributed by atoms with Gasteiger partial charge in [-0.25, -0.2) is 9.79 Å². The van der Waals surface area contributed by atoms with Gasteiger partial charge in [-0.3, -0.25) is 4.79 Å². The second kappa shape index (κ2) is 16.2. The van der Waals surface area contributed by atoms with Gasteiger partial charge in [0.15, 0.2) is 5.96 Å². The quantitative estimate of drug-likeness (QED) is 0.0782. The predicted octanol–water partition coefficient (Wildman–Crippen LogP) is 4.16. The van der Waals surface area contributed by atoms with E-state index in [-0.39, 0.29) is 24.1 Å². The summed E-state index contributed by atoms with van der Waals surface area (Å²) in [6.07, 6.45) is 15.7. The number of carbonyl (C=O) groups is 1. The zero-order valence-electron chi connectivity index (χ0n) is 21.3. The van der Waals surface area contributed by atoms with Crippen molar-refractivity contribution in [2.24, 2.45) is 22.4 Å². The van der Waals surface area contributed by atoms with E-state index < -0.39 is 5.97 Å². The molecule has 2 aromatic heterocycles. The summed E-state index contributed by atoms with van der Waals surface area (Å²) in [5.74, 6) is 0.0770. The van der Waals surface area contributed by atoms with Crippen LogP contribution in [-0.2, 0) is 11.2 Å². The Hall–Kier alpha value is -3.49. The highest BCUT2D eigenvalue weighted by Crippen LogP contribution is 2.25. The third-order valence-corrected chi connectivity index (χ3v) is 6.33. The van der Waals surface area contributed by atoms with Crippen LogP contribution in [0.25, 0.3) is 0 Å². The number of hydrogen-bond donors (Lipinski definition) is 6. The van der Waals surface area contributed by atoms with Gasteiger partial charge in [0.2, 0.25) is 5.56 Å². The Morgan fingerprint density at radius 3 is 2.50 bits per heavy atom. The topological polar surface area (TPSA) is 162 Å². The van der Waals surface area contributed by atoms with Crippen molar-refractivity contribution in [2.45, 2.75) is 77.2 Å². The molecule has 198 valence electrons.